The molecule has 0 amide bonds. The molecule has 0 nitrogen and oxygen atoms in total. The lowest BCUT2D eigenvalue weighted by Crippen LogP contribution is -2.12. The van der Waals surface area contributed by atoms with E-state index in [2.05, 4.69) is 44.5 Å². The fourth-order valence-corrected chi connectivity index (χ4v) is 1.43. The van der Waals surface area contributed by atoms with Gasteiger partial charge >= 0.3 is 0 Å². The zero-order valence-electron chi connectivity index (χ0n) is 8.50. The van der Waals surface area contributed by atoms with Gasteiger partial charge in [-0.3, -0.25) is 0 Å². The van der Waals surface area contributed by atoms with Crippen molar-refractivity contribution in [2.45, 2.75) is 38.9 Å². The predicted octanol–water partition coefficient (Wildman–Crippen LogP) is 3.01. The van der Waals surface area contributed by atoms with E-state index in [0.29, 0.717) is 0 Å². The third-order valence-electron chi connectivity index (χ3n) is 2.24. The first kappa shape index (κ1) is 10.4. The maximum Gasteiger partial charge on any atom is 0.151 e. The lowest BCUT2D eigenvalue weighted by Gasteiger charge is -1.99. The Kier molecular flexibility index (Phi) is 5.39. The summed E-state index contributed by atoms with van der Waals surface area (Å²) in [5.74, 6) is 0. The van der Waals surface area contributed by atoms with Crippen molar-refractivity contribution in [3.05, 3.63) is 30.3 Å². The first-order chi connectivity index (χ1) is 6.43. The van der Waals surface area contributed by atoms with Gasteiger partial charge in [0.05, 0.1) is 0 Å². The van der Waals surface area contributed by atoms with Gasteiger partial charge in [-0.05, 0) is 0 Å². The van der Waals surface area contributed by atoms with E-state index >= 15 is 0 Å². The first-order valence-electron chi connectivity index (χ1n) is 5.31. The smallest absolute Gasteiger partial charge is 0.0878 e. The summed E-state index contributed by atoms with van der Waals surface area (Å²) in [6.45, 7) is 2.25. The molecule has 0 heterocycles. The molecule has 69 valence electrons. The van der Waals surface area contributed by atoms with E-state index in [9.17, 15) is 0 Å². The molecular weight excluding hydrogens is 155 g/mol. The Morgan fingerprint density at radius 1 is 1.00 bits per heavy atom. The summed E-state index contributed by atoms with van der Waals surface area (Å²) in [6, 6.07) is 10.6. The van der Waals surface area contributed by atoms with Gasteiger partial charge in [0.25, 0.3) is 0 Å². The fraction of sp³-hybridized carbons (Fsp3) is 0.500. The Bertz CT molecular complexity index is 206. The highest BCUT2D eigenvalue weighted by molar-refractivity contribution is 6.53. The van der Waals surface area contributed by atoms with Crippen molar-refractivity contribution in [2.75, 3.05) is 0 Å². The third kappa shape index (κ3) is 4.77. The number of rotatable bonds is 6. The quantitative estimate of drug-likeness (QED) is 0.458. The van der Waals surface area contributed by atoms with Gasteiger partial charge in [-0.2, -0.15) is 0 Å². The van der Waals surface area contributed by atoms with Gasteiger partial charge < -0.3 is 0 Å². The highest BCUT2D eigenvalue weighted by Gasteiger charge is 1.93. The maximum absolute atomic E-state index is 2.33. The molecule has 0 saturated heterocycles. The Balaban J connectivity index is 2.07. The van der Waals surface area contributed by atoms with Gasteiger partial charge in [-0.1, -0.05) is 74.7 Å². The summed E-state index contributed by atoms with van der Waals surface area (Å²) in [7, 11) is 2.33. The minimum atomic E-state index is 1.23. The maximum atomic E-state index is 2.33. The van der Waals surface area contributed by atoms with E-state index in [1.165, 1.54) is 37.5 Å². The Hall–Kier alpha value is -0.715. The molecule has 1 aromatic carbocycles. The molecule has 0 aliphatic carbocycles. The van der Waals surface area contributed by atoms with Crippen molar-refractivity contribution in [2.24, 2.45) is 0 Å². The van der Waals surface area contributed by atoms with Crippen molar-refractivity contribution < 1.29 is 0 Å². The molecule has 1 heteroatoms. The van der Waals surface area contributed by atoms with Crippen LogP contribution in [0.1, 0.15) is 32.6 Å². The summed E-state index contributed by atoms with van der Waals surface area (Å²) >= 11 is 0. The standard InChI is InChI=1S/C12H18B/c1-2-3-4-8-11-13-12-9-6-5-7-10-12/h5-7,9-10H,2-4,8,11H2,1H3. The molecule has 0 atom stereocenters. The second kappa shape index (κ2) is 6.76. The van der Waals surface area contributed by atoms with E-state index in [1.54, 1.807) is 0 Å². The van der Waals surface area contributed by atoms with Crippen LogP contribution in [0.5, 0.6) is 0 Å². The van der Waals surface area contributed by atoms with Crippen LogP contribution < -0.4 is 5.46 Å². The van der Waals surface area contributed by atoms with Crippen molar-refractivity contribution in [3.63, 3.8) is 0 Å². The molecule has 0 aromatic heterocycles. The highest BCUT2D eigenvalue weighted by Crippen LogP contribution is 2.01. The van der Waals surface area contributed by atoms with Crippen LogP contribution in [0.15, 0.2) is 30.3 Å². The lowest BCUT2D eigenvalue weighted by atomic mass is 9.66. The second-order valence-corrected chi connectivity index (χ2v) is 3.46. The fourth-order valence-electron chi connectivity index (χ4n) is 1.43. The second-order valence-electron chi connectivity index (χ2n) is 3.46. The molecule has 0 spiro atoms. The number of hydrogen-bond donors (Lipinski definition) is 0. The largest absolute Gasteiger partial charge is 0.151 e. The average Bonchev–Trinajstić information content (AvgIpc) is 2.19. The van der Waals surface area contributed by atoms with Crippen molar-refractivity contribution in [1.29, 1.82) is 0 Å². The molecule has 0 aliphatic rings. The third-order valence-corrected chi connectivity index (χ3v) is 2.24. The number of hydrogen-bond acceptors (Lipinski definition) is 0. The molecule has 1 radical (unpaired) electrons. The topological polar surface area (TPSA) is 0 Å². The Morgan fingerprint density at radius 3 is 2.46 bits per heavy atom. The zero-order chi connectivity index (χ0) is 9.36. The summed E-state index contributed by atoms with van der Waals surface area (Å²) in [5, 5.41) is 0. The molecule has 0 aliphatic heterocycles. The molecule has 0 unspecified atom stereocenters. The number of benzene rings is 1. The normalized spacial score (nSPS) is 9.92. The highest BCUT2D eigenvalue weighted by atomic mass is 13.9. The van der Waals surface area contributed by atoms with E-state index in [4.69, 9.17) is 0 Å². The van der Waals surface area contributed by atoms with E-state index in [-0.39, 0.29) is 0 Å². The van der Waals surface area contributed by atoms with Crippen molar-refractivity contribution in [3.8, 4) is 0 Å². The minimum absolute atomic E-state index is 1.23. The van der Waals surface area contributed by atoms with Gasteiger partial charge in [0.2, 0.25) is 0 Å². The summed E-state index contributed by atoms with van der Waals surface area (Å²) in [6.07, 6.45) is 6.64. The SMILES string of the molecule is CCCCCC[B]c1ccccc1. The van der Waals surface area contributed by atoms with Gasteiger partial charge in [-0.15, -0.1) is 0 Å². The van der Waals surface area contributed by atoms with E-state index in [1.807, 2.05) is 0 Å². The molecular formula is C12H18B. The average molecular weight is 173 g/mol. The molecule has 0 saturated carbocycles. The van der Waals surface area contributed by atoms with Gasteiger partial charge in [0.15, 0.2) is 7.28 Å². The molecule has 1 aromatic rings. The summed E-state index contributed by atoms with van der Waals surface area (Å²) < 4.78 is 0. The first-order valence-corrected chi connectivity index (χ1v) is 5.31. The van der Waals surface area contributed by atoms with Crippen LogP contribution in [0.3, 0.4) is 0 Å². The van der Waals surface area contributed by atoms with Crippen LogP contribution in [0.25, 0.3) is 0 Å². The molecule has 1 rings (SSSR count). The van der Waals surface area contributed by atoms with E-state index < -0.39 is 0 Å². The van der Waals surface area contributed by atoms with Crippen LogP contribution in [0.4, 0.5) is 0 Å². The predicted molar refractivity (Wildman–Crippen MR) is 60.8 cm³/mol. The van der Waals surface area contributed by atoms with Gasteiger partial charge in [-0.25, -0.2) is 0 Å². The van der Waals surface area contributed by atoms with Crippen LogP contribution in [-0.4, -0.2) is 7.28 Å². The number of unbranched alkanes of at least 4 members (excludes halogenated alkanes) is 3. The van der Waals surface area contributed by atoms with Crippen LogP contribution in [0.2, 0.25) is 6.32 Å². The van der Waals surface area contributed by atoms with Crippen LogP contribution >= 0.6 is 0 Å². The molecule has 0 N–H and O–H groups in total. The summed E-state index contributed by atoms with van der Waals surface area (Å²) in [4.78, 5) is 0. The molecule has 0 fully saturated rings. The molecule has 0 bridgehead atoms. The summed E-state index contributed by atoms with van der Waals surface area (Å²) in [5.41, 5.74) is 1.36. The van der Waals surface area contributed by atoms with E-state index in [0.717, 1.165) is 0 Å². The Labute approximate surface area is 82.6 Å². The van der Waals surface area contributed by atoms with Gasteiger partial charge in [0.1, 0.15) is 0 Å². The van der Waals surface area contributed by atoms with Gasteiger partial charge in [0, 0.05) is 0 Å². The molecule has 13 heavy (non-hydrogen) atoms. The zero-order valence-corrected chi connectivity index (χ0v) is 8.50. The monoisotopic (exact) mass is 173 g/mol. The lowest BCUT2D eigenvalue weighted by molar-refractivity contribution is 0.701. The Morgan fingerprint density at radius 2 is 1.77 bits per heavy atom. The van der Waals surface area contributed by atoms with Crippen molar-refractivity contribution >= 4 is 12.7 Å². The van der Waals surface area contributed by atoms with Crippen molar-refractivity contribution in [1.82, 2.24) is 0 Å². The minimum Gasteiger partial charge on any atom is -0.0878 e. The van der Waals surface area contributed by atoms with Crippen LogP contribution in [-0.2, 0) is 0 Å². The van der Waals surface area contributed by atoms with Crippen LogP contribution in [0, 0.1) is 0 Å².